The molecule has 0 bridgehead atoms. The molecule has 0 aliphatic heterocycles. The quantitative estimate of drug-likeness (QED) is 0.783. The standard InChI is InChI=1S/C22H31NO3/c1-5-22(2,3)16-6-8-17(9-7-16)23-21(24)12-15-14-26-20-13-18(25-4)10-11-19(15)20/h10-11,13-14,16-17H,5-9,12H2,1-4H3,(H,23,24). The van der Waals surface area contributed by atoms with Crippen LogP contribution in [0, 0.1) is 11.3 Å². The number of hydrogen-bond donors (Lipinski definition) is 1. The zero-order valence-corrected chi connectivity index (χ0v) is 16.4. The van der Waals surface area contributed by atoms with Crippen LogP contribution in [0.3, 0.4) is 0 Å². The second kappa shape index (κ2) is 7.73. The van der Waals surface area contributed by atoms with E-state index >= 15 is 0 Å². The van der Waals surface area contributed by atoms with Gasteiger partial charge in [0.15, 0.2) is 0 Å². The molecule has 1 N–H and O–H groups in total. The maximum atomic E-state index is 12.5. The molecule has 1 heterocycles. The molecule has 4 nitrogen and oxygen atoms in total. The lowest BCUT2D eigenvalue weighted by Crippen LogP contribution is -2.40. The fourth-order valence-corrected chi connectivity index (χ4v) is 4.09. The molecular formula is C22H31NO3. The topological polar surface area (TPSA) is 51.5 Å². The summed E-state index contributed by atoms with van der Waals surface area (Å²) in [6.07, 6.45) is 7.85. The molecule has 142 valence electrons. The summed E-state index contributed by atoms with van der Waals surface area (Å²) >= 11 is 0. The van der Waals surface area contributed by atoms with Gasteiger partial charge in [0.05, 0.1) is 19.8 Å². The van der Waals surface area contributed by atoms with E-state index < -0.39 is 0 Å². The lowest BCUT2D eigenvalue weighted by molar-refractivity contribution is -0.121. The van der Waals surface area contributed by atoms with Crippen molar-refractivity contribution in [3.63, 3.8) is 0 Å². The predicted molar refractivity (Wildman–Crippen MR) is 104 cm³/mol. The minimum Gasteiger partial charge on any atom is -0.497 e. The Balaban J connectivity index is 1.55. The van der Waals surface area contributed by atoms with Gasteiger partial charge in [-0.3, -0.25) is 4.79 Å². The maximum absolute atomic E-state index is 12.5. The molecule has 0 radical (unpaired) electrons. The zero-order valence-electron chi connectivity index (χ0n) is 16.4. The Bertz CT molecular complexity index is 754. The van der Waals surface area contributed by atoms with E-state index in [0.29, 0.717) is 17.9 Å². The molecular weight excluding hydrogens is 326 g/mol. The highest BCUT2D eigenvalue weighted by Crippen LogP contribution is 2.40. The average Bonchev–Trinajstić information content (AvgIpc) is 3.04. The van der Waals surface area contributed by atoms with Gasteiger partial charge < -0.3 is 14.5 Å². The van der Waals surface area contributed by atoms with Crippen LogP contribution in [0.4, 0.5) is 0 Å². The first-order valence-electron chi connectivity index (χ1n) is 9.76. The van der Waals surface area contributed by atoms with Gasteiger partial charge in [-0.25, -0.2) is 0 Å². The van der Waals surface area contributed by atoms with Gasteiger partial charge in [0.1, 0.15) is 11.3 Å². The number of rotatable bonds is 6. The normalized spacial score (nSPS) is 20.9. The summed E-state index contributed by atoms with van der Waals surface area (Å²) in [6.45, 7) is 7.02. The molecule has 1 aromatic heterocycles. The minimum absolute atomic E-state index is 0.0849. The van der Waals surface area contributed by atoms with Crippen LogP contribution in [0.1, 0.15) is 58.4 Å². The Labute approximate surface area is 156 Å². The SMILES string of the molecule is CCC(C)(C)C1CCC(NC(=O)Cc2coc3cc(OC)ccc23)CC1. The molecule has 0 atom stereocenters. The lowest BCUT2D eigenvalue weighted by Gasteiger charge is -2.39. The van der Waals surface area contributed by atoms with Crippen LogP contribution < -0.4 is 10.1 Å². The summed E-state index contributed by atoms with van der Waals surface area (Å²) in [7, 11) is 1.63. The summed E-state index contributed by atoms with van der Waals surface area (Å²) in [4.78, 5) is 12.5. The molecule has 1 fully saturated rings. The summed E-state index contributed by atoms with van der Waals surface area (Å²) in [5.41, 5.74) is 2.10. The molecule has 1 aliphatic rings. The first kappa shape index (κ1) is 18.8. The van der Waals surface area contributed by atoms with Crippen molar-refractivity contribution >= 4 is 16.9 Å². The van der Waals surface area contributed by atoms with Gasteiger partial charge in [-0.15, -0.1) is 0 Å². The number of nitrogens with one attached hydrogen (secondary N) is 1. The molecule has 0 unspecified atom stereocenters. The predicted octanol–water partition coefficient (Wildman–Crippen LogP) is 5.10. The number of benzene rings is 1. The number of carbonyl (C=O) groups is 1. The Morgan fingerprint density at radius 1 is 1.27 bits per heavy atom. The molecule has 1 aromatic carbocycles. The van der Waals surface area contributed by atoms with E-state index in [0.717, 1.165) is 41.0 Å². The van der Waals surface area contributed by atoms with E-state index in [9.17, 15) is 4.79 Å². The van der Waals surface area contributed by atoms with Crippen LogP contribution in [-0.2, 0) is 11.2 Å². The van der Waals surface area contributed by atoms with E-state index in [2.05, 4.69) is 26.1 Å². The number of furan rings is 1. The molecule has 26 heavy (non-hydrogen) atoms. The minimum atomic E-state index is 0.0849. The molecule has 2 aromatic rings. The van der Waals surface area contributed by atoms with Crippen molar-refractivity contribution in [3.05, 3.63) is 30.0 Å². The van der Waals surface area contributed by atoms with Crippen LogP contribution >= 0.6 is 0 Å². The Morgan fingerprint density at radius 2 is 2.00 bits per heavy atom. The van der Waals surface area contributed by atoms with Crippen molar-refractivity contribution in [2.75, 3.05) is 7.11 Å². The third kappa shape index (κ3) is 4.05. The lowest BCUT2D eigenvalue weighted by atomic mass is 9.69. The fourth-order valence-electron chi connectivity index (χ4n) is 4.09. The van der Waals surface area contributed by atoms with Crippen LogP contribution in [0.2, 0.25) is 0 Å². The smallest absolute Gasteiger partial charge is 0.224 e. The Kier molecular flexibility index (Phi) is 5.59. The second-order valence-electron chi connectivity index (χ2n) is 8.26. The Hall–Kier alpha value is -1.97. The molecule has 1 amide bonds. The van der Waals surface area contributed by atoms with E-state index in [1.165, 1.54) is 19.3 Å². The van der Waals surface area contributed by atoms with E-state index in [1.807, 2.05) is 18.2 Å². The summed E-state index contributed by atoms with van der Waals surface area (Å²) < 4.78 is 10.8. The van der Waals surface area contributed by atoms with Crippen molar-refractivity contribution in [3.8, 4) is 5.75 Å². The van der Waals surface area contributed by atoms with Crippen molar-refractivity contribution in [2.45, 2.75) is 65.3 Å². The third-order valence-corrected chi connectivity index (χ3v) is 6.32. The van der Waals surface area contributed by atoms with Gasteiger partial charge in [0.25, 0.3) is 0 Å². The van der Waals surface area contributed by atoms with Crippen LogP contribution in [-0.4, -0.2) is 19.1 Å². The monoisotopic (exact) mass is 357 g/mol. The van der Waals surface area contributed by atoms with E-state index in [-0.39, 0.29) is 5.91 Å². The average molecular weight is 357 g/mol. The Morgan fingerprint density at radius 3 is 2.65 bits per heavy atom. The molecule has 0 saturated heterocycles. The summed E-state index contributed by atoms with van der Waals surface area (Å²) in [5, 5.41) is 4.21. The third-order valence-electron chi connectivity index (χ3n) is 6.32. The fraction of sp³-hybridized carbons (Fsp3) is 0.591. The number of ether oxygens (including phenoxy) is 1. The van der Waals surface area contributed by atoms with Crippen molar-refractivity contribution in [2.24, 2.45) is 11.3 Å². The van der Waals surface area contributed by atoms with Gasteiger partial charge in [0.2, 0.25) is 5.91 Å². The molecule has 3 rings (SSSR count). The van der Waals surface area contributed by atoms with Crippen molar-refractivity contribution in [1.29, 1.82) is 0 Å². The van der Waals surface area contributed by atoms with Crippen LogP contribution in [0.15, 0.2) is 28.9 Å². The van der Waals surface area contributed by atoms with Gasteiger partial charge in [0, 0.05) is 23.1 Å². The van der Waals surface area contributed by atoms with Crippen molar-refractivity contribution < 1.29 is 13.9 Å². The molecule has 1 aliphatic carbocycles. The first-order valence-corrected chi connectivity index (χ1v) is 9.76. The number of carbonyl (C=O) groups excluding carboxylic acids is 1. The van der Waals surface area contributed by atoms with E-state index in [1.54, 1.807) is 13.4 Å². The highest BCUT2D eigenvalue weighted by Gasteiger charge is 2.32. The zero-order chi connectivity index (χ0) is 18.7. The molecule has 1 saturated carbocycles. The number of methoxy groups -OCH3 is 1. The molecule has 4 heteroatoms. The first-order chi connectivity index (χ1) is 12.4. The number of hydrogen-bond acceptors (Lipinski definition) is 3. The van der Waals surface area contributed by atoms with Gasteiger partial charge in [-0.05, 0) is 49.1 Å². The van der Waals surface area contributed by atoms with Crippen LogP contribution in [0.25, 0.3) is 11.0 Å². The highest BCUT2D eigenvalue weighted by molar-refractivity contribution is 5.88. The summed E-state index contributed by atoms with van der Waals surface area (Å²) in [5.74, 6) is 1.62. The molecule has 0 spiro atoms. The van der Waals surface area contributed by atoms with Crippen molar-refractivity contribution in [1.82, 2.24) is 5.32 Å². The van der Waals surface area contributed by atoms with Crippen LogP contribution in [0.5, 0.6) is 5.75 Å². The second-order valence-corrected chi connectivity index (χ2v) is 8.26. The summed E-state index contributed by atoms with van der Waals surface area (Å²) in [6, 6.07) is 6.02. The number of fused-ring (bicyclic) bond motifs is 1. The van der Waals surface area contributed by atoms with Gasteiger partial charge in [-0.1, -0.05) is 27.2 Å². The van der Waals surface area contributed by atoms with E-state index in [4.69, 9.17) is 9.15 Å². The van der Waals surface area contributed by atoms with Gasteiger partial charge >= 0.3 is 0 Å². The van der Waals surface area contributed by atoms with Gasteiger partial charge in [-0.2, -0.15) is 0 Å². The largest absolute Gasteiger partial charge is 0.497 e. The maximum Gasteiger partial charge on any atom is 0.224 e. The number of amides is 1. The highest BCUT2D eigenvalue weighted by atomic mass is 16.5.